The molecule has 0 bridgehead atoms. The number of benzene rings is 4. The van der Waals surface area contributed by atoms with Gasteiger partial charge in [0.05, 0.1) is 146 Å². The number of hydrogen-bond acceptors (Lipinski definition) is 16. The van der Waals surface area contributed by atoms with Crippen LogP contribution in [0.4, 0.5) is 0 Å². The molecule has 4 atom stereocenters. The second-order valence-electron chi connectivity index (χ2n) is 27.0. The fourth-order valence-corrected chi connectivity index (χ4v) is 14.8. The normalized spacial score (nSPS) is 19.8. The summed E-state index contributed by atoms with van der Waals surface area (Å²) in [6, 6.07) is 12.0. The molecule has 0 radical (unpaired) electrons. The highest BCUT2D eigenvalue weighted by Gasteiger charge is 2.32. The van der Waals surface area contributed by atoms with Gasteiger partial charge >= 0.3 is 0 Å². The highest BCUT2D eigenvalue weighted by atomic mass is 15.2. The van der Waals surface area contributed by atoms with Crippen LogP contribution in [0.2, 0.25) is 0 Å². The number of aromatic nitrogens is 12. The van der Waals surface area contributed by atoms with Crippen LogP contribution < -0.4 is 22.9 Å². The summed E-state index contributed by atoms with van der Waals surface area (Å²) >= 11 is 0. The van der Waals surface area contributed by atoms with Gasteiger partial charge in [-0.2, -0.15) is 0 Å². The van der Waals surface area contributed by atoms with Crippen molar-refractivity contribution in [2.24, 2.45) is 22.9 Å². The zero-order valence-corrected chi connectivity index (χ0v) is 59.2. The highest BCUT2D eigenvalue weighted by molar-refractivity contribution is 5.76. The number of fused-ring (bicyclic) bond motifs is 8. The maximum Gasteiger partial charge on any atom is 0.121 e. The first kappa shape index (κ1) is 51.3. The van der Waals surface area contributed by atoms with Crippen molar-refractivity contribution in [3.63, 3.8) is 0 Å². The number of H-pyrrole nitrogens is 4. The quantitative estimate of drug-likeness (QED) is 0.0212. The first-order chi connectivity index (χ1) is 60.0. The van der Waals surface area contributed by atoms with Crippen molar-refractivity contribution in [2.45, 2.75) is 179 Å². The molecular formula is C84H108N20. The lowest BCUT2D eigenvalue weighted by Crippen LogP contribution is -2.33. The molecule has 0 saturated carbocycles. The standard InChI is InChI=1S/4C21H27N5/c4*22-12-3-4-14-26(15-20-24-17-9-1-2-10-18(17)25-20)19-11-5-7-16-8-6-13-23-21(16)19/h4*1-2,6,8-10,13,19H,3-5,7,11-12,14-15,22H2,(H,24,25)/t4*19-/m0000/s1/i1D,6D,8D,9D,10D,13D;1D,2D,6D,8D,9D,13D;1D,6D,8D,9D,13D;6D,8D,9D,13D. The summed E-state index contributed by atoms with van der Waals surface area (Å²) in [5, 5.41) is 0. The van der Waals surface area contributed by atoms with Crippen molar-refractivity contribution in [2.75, 3.05) is 52.4 Å². The number of imidazole rings is 4. The Bertz CT molecular complexity index is 5850. The van der Waals surface area contributed by atoms with E-state index in [2.05, 4.69) is 79.4 Å². The van der Waals surface area contributed by atoms with E-state index in [0.717, 1.165) is 179 Å². The second kappa shape index (κ2) is 37.7. The Hall–Kier alpha value is -8.96. The third-order valence-corrected chi connectivity index (χ3v) is 19.8. The van der Waals surface area contributed by atoms with E-state index in [4.69, 9.17) is 51.7 Å². The fraction of sp³-hybridized carbons (Fsp3) is 0.429. The van der Waals surface area contributed by atoms with Gasteiger partial charge in [0.2, 0.25) is 0 Å². The number of nitrogens with two attached hydrogens (primary N) is 4. The van der Waals surface area contributed by atoms with E-state index in [1.807, 2.05) is 12.1 Å². The summed E-state index contributed by atoms with van der Waals surface area (Å²) in [6.45, 7) is 7.36. The maximum absolute atomic E-state index is 8.31. The summed E-state index contributed by atoms with van der Waals surface area (Å²) in [7, 11) is 0. The molecule has 20 heteroatoms. The first-order valence-electron chi connectivity index (χ1n) is 47.4. The summed E-state index contributed by atoms with van der Waals surface area (Å²) in [5.41, 5.74) is 33.2. The maximum atomic E-state index is 8.31. The van der Waals surface area contributed by atoms with Gasteiger partial charge in [-0.25, -0.2) is 19.9 Å². The molecule has 16 rings (SSSR count). The monoisotopic (exact) mass is 1420 g/mol. The lowest BCUT2D eigenvalue weighted by molar-refractivity contribution is 0.159. The summed E-state index contributed by atoms with van der Waals surface area (Å²) < 4.78 is 169. The van der Waals surface area contributed by atoms with Crippen LogP contribution in [0.3, 0.4) is 0 Å². The number of hydrogen-bond donors (Lipinski definition) is 8. The van der Waals surface area contributed by atoms with Crippen molar-refractivity contribution in [1.29, 1.82) is 0 Å². The van der Waals surface area contributed by atoms with Crippen molar-refractivity contribution >= 4 is 44.1 Å². The average Bonchev–Trinajstić information content (AvgIpc) is 1.62. The third kappa shape index (κ3) is 19.1. The van der Waals surface area contributed by atoms with Crippen LogP contribution in [0.1, 0.15) is 224 Å². The molecule has 0 unspecified atom stereocenters. The average molecular weight is 1420 g/mol. The van der Waals surface area contributed by atoms with Crippen LogP contribution in [0.5, 0.6) is 0 Å². The topological polar surface area (TPSA) is 283 Å². The minimum absolute atomic E-state index is 0.00136. The molecule has 0 aliphatic heterocycles. The lowest BCUT2D eigenvalue weighted by atomic mass is 9.90. The second-order valence-corrected chi connectivity index (χ2v) is 27.0. The minimum Gasteiger partial charge on any atom is -0.341 e. The molecule has 8 aromatic heterocycles. The van der Waals surface area contributed by atoms with Crippen LogP contribution in [0, 0.1) is 0 Å². The predicted octanol–water partition coefficient (Wildman–Crippen LogP) is 14.3. The molecule has 0 fully saturated rings. The number of unbranched alkanes of at least 4 members (excludes halogenated alkanes) is 4. The number of nitrogens with one attached hydrogen (secondary N) is 4. The van der Waals surface area contributed by atoms with Gasteiger partial charge in [0.25, 0.3) is 0 Å². The van der Waals surface area contributed by atoms with E-state index in [0.29, 0.717) is 146 Å². The predicted molar refractivity (Wildman–Crippen MR) is 419 cm³/mol. The van der Waals surface area contributed by atoms with Gasteiger partial charge in [-0.1, -0.05) is 72.6 Å². The van der Waals surface area contributed by atoms with Crippen molar-refractivity contribution < 1.29 is 28.8 Å². The Morgan fingerprint density at radius 2 is 0.654 bits per heavy atom. The first-order valence-corrected chi connectivity index (χ1v) is 36.9. The van der Waals surface area contributed by atoms with Gasteiger partial charge in [0.15, 0.2) is 0 Å². The van der Waals surface area contributed by atoms with Crippen LogP contribution >= 0.6 is 0 Å². The van der Waals surface area contributed by atoms with E-state index < -0.39 is 0 Å². The molecule has 104 heavy (non-hydrogen) atoms. The molecule has 12 N–H and O–H groups in total. The molecular weight excluding hydrogens is 1290 g/mol. The summed E-state index contributed by atoms with van der Waals surface area (Å²) in [6.07, 6.45) is 16.3. The van der Waals surface area contributed by atoms with E-state index >= 15 is 0 Å². The number of rotatable bonds is 28. The molecule has 4 aliphatic rings. The van der Waals surface area contributed by atoms with E-state index in [-0.39, 0.29) is 146 Å². The molecule has 20 nitrogen and oxygen atoms in total. The number of pyridine rings is 4. The summed E-state index contributed by atoms with van der Waals surface area (Å²) in [5.74, 6) is 2.73. The Kier molecular flexibility index (Phi) is 18.6. The van der Waals surface area contributed by atoms with Gasteiger partial charge in [0, 0.05) is 24.7 Å². The molecule has 12 aromatic rings. The largest absolute Gasteiger partial charge is 0.341 e. The highest BCUT2D eigenvalue weighted by Crippen LogP contribution is 2.38. The molecule has 8 heterocycles. The number of nitrogens with zero attached hydrogens (tertiary/aromatic N) is 12. The van der Waals surface area contributed by atoms with E-state index in [1.54, 1.807) is 18.2 Å². The van der Waals surface area contributed by atoms with Crippen molar-refractivity contribution in [3.05, 3.63) is 238 Å². The molecule has 4 aromatic carbocycles. The Morgan fingerprint density at radius 3 is 1.03 bits per heavy atom. The molecule has 0 amide bonds. The molecule has 0 saturated heterocycles. The fourth-order valence-electron chi connectivity index (χ4n) is 14.8. The van der Waals surface area contributed by atoms with Crippen LogP contribution in [0.15, 0.2) is 170 Å². The van der Waals surface area contributed by atoms with E-state index in [1.165, 1.54) is 12.1 Å². The van der Waals surface area contributed by atoms with Gasteiger partial charge < -0.3 is 42.9 Å². The van der Waals surface area contributed by atoms with Crippen molar-refractivity contribution in [3.8, 4) is 0 Å². The summed E-state index contributed by atoms with van der Waals surface area (Å²) in [4.78, 5) is 57.9. The third-order valence-electron chi connectivity index (χ3n) is 19.8. The number of aromatic amines is 4. The minimum atomic E-state index is -0.174. The lowest BCUT2D eigenvalue weighted by Gasteiger charge is -2.34. The van der Waals surface area contributed by atoms with Crippen LogP contribution in [0.25, 0.3) is 44.1 Å². The van der Waals surface area contributed by atoms with E-state index in [9.17, 15) is 0 Å². The zero-order chi connectivity index (χ0) is 89.4. The van der Waals surface area contributed by atoms with Crippen LogP contribution in [-0.2, 0) is 51.9 Å². The number of para-hydroxylation sites is 8. The zero-order valence-electron chi connectivity index (χ0n) is 80.2. The van der Waals surface area contributed by atoms with Gasteiger partial charge in [-0.3, -0.25) is 39.5 Å². The Balaban J connectivity index is 0.000000143. The van der Waals surface area contributed by atoms with Gasteiger partial charge in [-0.05, 0) is 276 Å². The SMILES string of the molecule is [2H]c1cc([2H])c2[nH]c(CN(CCCCN)[C@H]3CCCc4c3nc([2H])c([2H])c4[2H])nc2c1[2H].[2H]c1cc2[nH]c(CN(CCCCN)[C@H]3CCCc4c3nc([2H])c([2H])c4[2H])nc2c([2H])c1[2H].[2H]c1ccc2[nH]c(CN(CCCCN)[C@H]3CCCc4c3nc([2H])c([2H])c4[2H])nc2c1[2H].[2H]c1nc2c(c([2H])c1[2H])CCC[C@@H]2N(CCCCN)Cc1nc2c([2H])cccc2[nH]1. The Labute approximate surface area is 642 Å². The molecule has 544 valence electrons. The van der Waals surface area contributed by atoms with Crippen LogP contribution in [-0.4, -0.2) is 132 Å². The Morgan fingerprint density at radius 1 is 0.327 bits per heavy atom. The smallest absolute Gasteiger partial charge is 0.121 e. The molecule has 0 spiro atoms. The van der Waals surface area contributed by atoms with Gasteiger partial charge in [-0.15, -0.1) is 0 Å². The van der Waals surface area contributed by atoms with Gasteiger partial charge in [0.1, 0.15) is 23.3 Å². The molecule has 4 aliphatic carbocycles. The van der Waals surface area contributed by atoms with Crippen molar-refractivity contribution in [1.82, 2.24) is 79.4 Å².